The number of pyridine rings is 1. The molecule has 5 nitrogen and oxygen atoms in total. The van der Waals surface area contributed by atoms with Crippen LogP contribution in [0.25, 0.3) is 0 Å². The zero-order valence-corrected chi connectivity index (χ0v) is 12.8. The van der Waals surface area contributed by atoms with Crippen molar-refractivity contribution in [3.63, 3.8) is 0 Å². The van der Waals surface area contributed by atoms with Crippen LogP contribution in [0.3, 0.4) is 0 Å². The minimum atomic E-state index is -3.56. The molecule has 106 valence electrons. The second-order valence-corrected chi connectivity index (χ2v) is 7.78. The van der Waals surface area contributed by atoms with Crippen LogP contribution in [0.15, 0.2) is 23.2 Å². The number of nitrogens with one attached hydrogen (secondary N) is 2. The van der Waals surface area contributed by atoms with Gasteiger partial charge in [0.15, 0.2) is 0 Å². The Kier molecular flexibility index (Phi) is 3.14. The fourth-order valence-electron chi connectivity index (χ4n) is 2.50. The molecule has 0 atom stereocenters. The van der Waals surface area contributed by atoms with E-state index in [1.54, 1.807) is 25.4 Å². The zero-order valence-electron chi connectivity index (χ0n) is 12.0. The van der Waals surface area contributed by atoms with E-state index in [2.05, 4.69) is 42.7 Å². The summed E-state index contributed by atoms with van der Waals surface area (Å²) in [5.41, 5.74) is -0.0792. The first-order valence-electron chi connectivity index (χ1n) is 6.29. The average Bonchev–Trinajstić information content (AvgIpc) is 2.71. The lowest BCUT2D eigenvalue weighted by molar-refractivity contribution is 0.457. The van der Waals surface area contributed by atoms with Crippen molar-refractivity contribution in [2.24, 2.45) is 10.8 Å². The molecule has 1 fully saturated rings. The third kappa shape index (κ3) is 2.12. The summed E-state index contributed by atoms with van der Waals surface area (Å²) in [5, 5.41) is 2.81. The van der Waals surface area contributed by atoms with Gasteiger partial charge in [0.25, 0.3) is 0 Å². The van der Waals surface area contributed by atoms with Crippen LogP contribution >= 0.6 is 0 Å². The van der Waals surface area contributed by atoms with Crippen LogP contribution in [0.5, 0.6) is 0 Å². The third-order valence-electron chi connectivity index (χ3n) is 4.59. The number of nitrogens with zero attached hydrogens (tertiary/aromatic N) is 1. The van der Waals surface area contributed by atoms with Gasteiger partial charge in [-0.05, 0) is 23.0 Å². The molecule has 0 aromatic carbocycles. The van der Waals surface area contributed by atoms with Gasteiger partial charge < -0.3 is 5.32 Å². The van der Waals surface area contributed by atoms with E-state index in [-0.39, 0.29) is 21.8 Å². The van der Waals surface area contributed by atoms with Crippen molar-refractivity contribution < 1.29 is 8.42 Å². The summed E-state index contributed by atoms with van der Waals surface area (Å²) in [5.74, 6) is 0.367. The molecule has 1 aromatic rings. The molecule has 1 heterocycles. The molecular weight excluding hydrogens is 262 g/mol. The molecule has 1 saturated carbocycles. The Bertz CT molecular complexity index is 580. The number of rotatable bonds is 4. The second kappa shape index (κ2) is 4.18. The normalized spacial score (nSPS) is 21.1. The summed E-state index contributed by atoms with van der Waals surface area (Å²) in [4.78, 5) is 4.22. The summed E-state index contributed by atoms with van der Waals surface area (Å²) >= 11 is 0. The topological polar surface area (TPSA) is 71.1 Å². The Hall–Kier alpha value is -1.14. The van der Waals surface area contributed by atoms with Gasteiger partial charge in [-0.1, -0.05) is 27.7 Å². The molecule has 0 saturated heterocycles. The molecule has 2 N–H and O–H groups in total. The number of aromatic nitrogens is 1. The molecule has 1 aliphatic rings. The number of anilines is 1. The van der Waals surface area contributed by atoms with E-state index < -0.39 is 10.0 Å². The predicted molar refractivity (Wildman–Crippen MR) is 75.5 cm³/mol. The number of sulfonamides is 1. The van der Waals surface area contributed by atoms with Crippen molar-refractivity contribution in [3.05, 3.63) is 18.3 Å². The van der Waals surface area contributed by atoms with Gasteiger partial charge in [-0.3, -0.25) is 0 Å². The summed E-state index contributed by atoms with van der Waals surface area (Å²) in [7, 11) is -1.90. The Balaban J connectivity index is 2.31. The van der Waals surface area contributed by atoms with E-state index in [1.165, 1.54) is 0 Å². The lowest BCUT2D eigenvalue weighted by Crippen LogP contribution is -2.30. The third-order valence-corrected chi connectivity index (χ3v) is 6.05. The van der Waals surface area contributed by atoms with Crippen LogP contribution in [-0.2, 0) is 10.0 Å². The van der Waals surface area contributed by atoms with Crippen LogP contribution in [0.4, 0.5) is 5.82 Å². The quantitative estimate of drug-likeness (QED) is 0.884. The molecule has 0 amide bonds. The Morgan fingerprint density at radius 1 is 1.21 bits per heavy atom. The van der Waals surface area contributed by atoms with Gasteiger partial charge in [-0.2, -0.15) is 0 Å². The minimum Gasteiger partial charge on any atom is -0.372 e. The molecule has 2 rings (SSSR count). The van der Waals surface area contributed by atoms with Crippen LogP contribution < -0.4 is 10.0 Å². The van der Waals surface area contributed by atoms with Gasteiger partial charge >= 0.3 is 0 Å². The van der Waals surface area contributed by atoms with Crippen LogP contribution in [0.2, 0.25) is 0 Å². The van der Waals surface area contributed by atoms with Gasteiger partial charge in [-0.15, -0.1) is 0 Å². The Morgan fingerprint density at radius 3 is 2.26 bits per heavy atom. The van der Waals surface area contributed by atoms with Crippen LogP contribution in [-0.4, -0.2) is 26.5 Å². The lowest BCUT2D eigenvalue weighted by Gasteiger charge is -2.11. The highest BCUT2D eigenvalue weighted by atomic mass is 32.2. The van der Waals surface area contributed by atoms with Crippen molar-refractivity contribution in [1.29, 1.82) is 0 Å². The summed E-state index contributed by atoms with van der Waals surface area (Å²) in [6, 6.07) is 3.12. The fraction of sp³-hybridized carbons (Fsp3) is 0.615. The molecule has 0 radical (unpaired) electrons. The first kappa shape index (κ1) is 14.3. The zero-order chi connectivity index (χ0) is 14.5. The highest BCUT2D eigenvalue weighted by molar-refractivity contribution is 7.89. The van der Waals surface area contributed by atoms with Gasteiger partial charge in [0, 0.05) is 19.3 Å². The first-order chi connectivity index (χ1) is 8.64. The largest absolute Gasteiger partial charge is 0.372 e. The molecule has 19 heavy (non-hydrogen) atoms. The summed E-state index contributed by atoms with van der Waals surface area (Å²) in [6.07, 6.45) is 1.57. The predicted octanol–water partition coefficient (Wildman–Crippen LogP) is 1.84. The van der Waals surface area contributed by atoms with E-state index in [0.717, 1.165) is 0 Å². The highest BCUT2D eigenvalue weighted by Crippen LogP contribution is 2.63. The van der Waals surface area contributed by atoms with Crippen LogP contribution in [0, 0.1) is 10.8 Å². The molecule has 0 aliphatic heterocycles. The van der Waals surface area contributed by atoms with E-state index in [1.807, 2.05) is 0 Å². The monoisotopic (exact) mass is 283 g/mol. The highest BCUT2D eigenvalue weighted by Gasteiger charge is 2.66. The maximum Gasteiger partial charge on any atom is 0.244 e. The molecular formula is C13H21N3O2S. The molecule has 1 aliphatic carbocycles. The smallest absolute Gasteiger partial charge is 0.244 e. The van der Waals surface area contributed by atoms with E-state index in [4.69, 9.17) is 0 Å². The van der Waals surface area contributed by atoms with Crippen molar-refractivity contribution in [2.45, 2.75) is 38.6 Å². The van der Waals surface area contributed by atoms with Gasteiger partial charge in [0.05, 0.1) is 0 Å². The standard InChI is InChI=1S/C13H21N3O2S/c1-12(2)11(13(12,3)4)16-19(17,18)9-7-6-8-15-10(9)14-5/h6-8,11,16H,1-5H3,(H,14,15). The van der Waals surface area contributed by atoms with Gasteiger partial charge in [0.1, 0.15) is 10.7 Å². The number of hydrogen-bond donors (Lipinski definition) is 2. The maximum atomic E-state index is 12.4. The van der Waals surface area contributed by atoms with Crippen molar-refractivity contribution >= 4 is 15.8 Å². The lowest BCUT2D eigenvalue weighted by atomic mass is 10.0. The van der Waals surface area contributed by atoms with Crippen LogP contribution in [0.1, 0.15) is 27.7 Å². The van der Waals surface area contributed by atoms with E-state index in [9.17, 15) is 8.42 Å². The SMILES string of the molecule is CNc1ncccc1S(=O)(=O)NC1C(C)(C)C1(C)C. The Labute approximate surface area is 114 Å². The molecule has 0 bridgehead atoms. The first-order valence-corrected chi connectivity index (χ1v) is 7.78. The summed E-state index contributed by atoms with van der Waals surface area (Å²) < 4.78 is 27.7. The van der Waals surface area contributed by atoms with E-state index in [0.29, 0.717) is 5.82 Å². The van der Waals surface area contributed by atoms with Gasteiger partial charge in [0.2, 0.25) is 10.0 Å². The second-order valence-electron chi connectivity index (χ2n) is 6.10. The molecule has 0 unspecified atom stereocenters. The Morgan fingerprint density at radius 2 is 1.79 bits per heavy atom. The molecule has 6 heteroatoms. The summed E-state index contributed by atoms with van der Waals surface area (Å²) in [6.45, 7) is 8.29. The average molecular weight is 283 g/mol. The minimum absolute atomic E-state index is 0.0396. The van der Waals surface area contributed by atoms with E-state index >= 15 is 0 Å². The van der Waals surface area contributed by atoms with Gasteiger partial charge in [-0.25, -0.2) is 18.1 Å². The van der Waals surface area contributed by atoms with Crippen molar-refractivity contribution in [2.75, 3.05) is 12.4 Å². The molecule has 1 aromatic heterocycles. The number of hydrogen-bond acceptors (Lipinski definition) is 4. The van der Waals surface area contributed by atoms with Crippen molar-refractivity contribution in [1.82, 2.24) is 9.71 Å². The fourth-order valence-corrected chi connectivity index (χ4v) is 4.20. The van der Waals surface area contributed by atoms with Crippen molar-refractivity contribution in [3.8, 4) is 0 Å². The molecule has 0 spiro atoms. The maximum absolute atomic E-state index is 12.4.